The van der Waals surface area contributed by atoms with E-state index >= 15 is 0 Å². The maximum Gasteiger partial charge on any atom is 0.252 e. The molecule has 22 heavy (non-hydrogen) atoms. The lowest BCUT2D eigenvalue weighted by atomic mass is 10.2. The maximum atomic E-state index is 12.0. The predicted molar refractivity (Wildman–Crippen MR) is 88.9 cm³/mol. The van der Waals surface area contributed by atoms with Gasteiger partial charge in [0.2, 0.25) is 0 Å². The fraction of sp³-hybridized carbons (Fsp3) is 0.250. The Balaban J connectivity index is 2.31. The highest BCUT2D eigenvalue weighted by atomic mass is 35.5. The molecule has 0 bridgehead atoms. The number of nitrogens with one attached hydrogen (secondary N) is 1. The van der Waals surface area contributed by atoms with Gasteiger partial charge in [0.1, 0.15) is 0 Å². The molecule has 0 fully saturated rings. The minimum Gasteiger partial charge on any atom is -0.352 e. The summed E-state index contributed by atoms with van der Waals surface area (Å²) in [5.41, 5.74) is 0.860. The van der Waals surface area contributed by atoms with Gasteiger partial charge in [-0.1, -0.05) is 36.2 Å². The number of pyridine rings is 1. The van der Waals surface area contributed by atoms with E-state index < -0.39 is 0 Å². The average Bonchev–Trinajstić information content (AvgIpc) is 2.50. The molecule has 0 atom stereocenters. The van der Waals surface area contributed by atoms with E-state index in [1.807, 2.05) is 6.92 Å². The van der Waals surface area contributed by atoms with E-state index in [4.69, 9.17) is 23.2 Å². The van der Waals surface area contributed by atoms with Crippen molar-refractivity contribution < 1.29 is 4.79 Å². The number of carbonyl (C=O) groups excluding carboxylic acids is 1. The number of halogens is 2. The van der Waals surface area contributed by atoms with Gasteiger partial charge in [-0.3, -0.25) is 9.59 Å². The fourth-order valence-corrected chi connectivity index (χ4v) is 2.50. The van der Waals surface area contributed by atoms with Gasteiger partial charge in [0.05, 0.1) is 12.1 Å². The number of aromatic nitrogens is 1. The number of hydrogen-bond donors (Lipinski definition) is 1. The van der Waals surface area contributed by atoms with Crippen molar-refractivity contribution in [3.63, 3.8) is 0 Å². The molecule has 1 heterocycles. The van der Waals surface area contributed by atoms with Crippen LogP contribution < -0.4 is 10.9 Å². The van der Waals surface area contributed by atoms with Gasteiger partial charge in [0, 0.05) is 34.4 Å². The van der Waals surface area contributed by atoms with E-state index in [-0.39, 0.29) is 18.0 Å². The fourth-order valence-electron chi connectivity index (χ4n) is 1.98. The number of hydrogen-bond acceptors (Lipinski definition) is 2. The lowest BCUT2D eigenvalue weighted by Gasteiger charge is -2.11. The molecule has 0 aliphatic rings. The minimum atomic E-state index is -0.219. The van der Waals surface area contributed by atoms with Crippen LogP contribution in [0.3, 0.4) is 0 Å². The second kappa shape index (κ2) is 7.47. The Labute approximate surface area is 138 Å². The van der Waals surface area contributed by atoms with E-state index in [1.165, 1.54) is 22.9 Å². The first-order chi connectivity index (χ1) is 10.5. The molecule has 1 aromatic heterocycles. The summed E-state index contributed by atoms with van der Waals surface area (Å²) >= 11 is 12.2. The summed E-state index contributed by atoms with van der Waals surface area (Å²) in [6.07, 6.45) is 2.37. The van der Waals surface area contributed by atoms with Gasteiger partial charge in [-0.2, -0.15) is 0 Å². The van der Waals surface area contributed by atoms with Crippen molar-refractivity contribution in [3.8, 4) is 0 Å². The van der Waals surface area contributed by atoms with Crippen LogP contribution in [0.1, 0.15) is 29.3 Å². The van der Waals surface area contributed by atoms with E-state index in [0.717, 1.165) is 6.42 Å². The highest BCUT2D eigenvalue weighted by molar-refractivity contribution is 6.35. The van der Waals surface area contributed by atoms with Crippen molar-refractivity contribution in [2.45, 2.75) is 19.9 Å². The van der Waals surface area contributed by atoms with Gasteiger partial charge in [0.15, 0.2) is 0 Å². The van der Waals surface area contributed by atoms with Crippen LogP contribution in [-0.4, -0.2) is 17.0 Å². The first-order valence-corrected chi connectivity index (χ1v) is 7.70. The standard InChI is InChI=1S/C16H16Cl2N2O2/c1-2-8-19-16(22)11-6-7-15(21)20(9-11)10-12-13(17)4-3-5-14(12)18/h3-7,9H,2,8,10H2,1H3,(H,19,22). The number of rotatable bonds is 5. The largest absolute Gasteiger partial charge is 0.352 e. The molecule has 0 saturated carbocycles. The van der Waals surface area contributed by atoms with E-state index in [9.17, 15) is 9.59 Å². The Kier molecular flexibility index (Phi) is 5.63. The number of carbonyl (C=O) groups is 1. The third-order valence-corrected chi connectivity index (χ3v) is 3.88. The zero-order chi connectivity index (χ0) is 16.1. The van der Waals surface area contributed by atoms with Gasteiger partial charge in [-0.25, -0.2) is 0 Å². The van der Waals surface area contributed by atoms with Gasteiger partial charge in [0.25, 0.3) is 11.5 Å². The monoisotopic (exact) mass is 338 g/mol. The molecular formula is C16H16Cl2N2O2. The number of benzene rings is 1. The second-order valence-electron chi connectivity index (χ2n) is 4.84. The third kappa shape index (κ3) is 3.90. The van der Waals surface area contributed by atoms with E-state index in [0.29, 0.717) is 27.7 Å². The summed E-state index contributed by atoms with van der Waals surface area (Å²) < 4.78 is 1.42. The normalized spacial score (nSPS) is 10.5. The van der Waals surface area contributed by atoms with Crippen LogP contribution in [0, 0.1) is 0 Å². The number of amides is 1. The van der Waals surface area contributed by atoms with Gasteiger partial charge < -0.3 is 9.88 Å². The highest BCUT2D eigenvalue weighted by Gasteiger charge is 2.10. The van der Waals surface area contributed by atoms with Crippen LogP contribution in [-0.2, 0) is 6.54 Å². The van der Waals surface area contributed by atoms with Crippen molar-refractivity contribution in [2.75, 3.05) is 6.54 Å². The first kappa shape index (κ1) is 16.6. The Hall–Kier alpha value is -1.78. The molecule has 0 aliphatic heterocycles. The van der Waals surface area contributed by atoms with Crippen LogP contribution in [0.15, 0.2) is 41.3 Å². The van der Waals surface area contributed by atoms with Crippen LogP contribution in [0.4, 0.5) is 0 Å². The van der Waals surface area contributed by atoms with Gasteiger partial charge in [-0.15, -0.1) is 0 Å². The Morgan fingerprint density at radius 1 is 1.18 bits per heavy atom. The minimum absolute atomic E-state index is 0.208. The molecule has 0 aliphatic carbocycles. The molecule has 0 spiro atoms. The summed E-state index contributed by atoms with van der Waals surface area (Å²) in [4.78, 5) is 24.0. The maximum absolute atomic E-state index is 12.0. The van der Waals surface area contributed by atoms with Crippen molar-refractivity contribution in [1.82, 2.24) is 9.88 Å². The lowest BCUT2D eigenvalue weighted by molar-refractivity contribution is 0.0953. The SMILES string of the molecule is CCCNC(=O)c1ccc(=O)n(Cc2c(Cl)cccc2Cl)c1. The van der Waals surface area contributed by atoms with Crippen LogP contribution in [0.5, 0.6) is 0 Å². The molecule has 0 saturated heterocycles. The summed E-state index contributed by atoms with van der Waals surface area (Å²) in [5, 5.41) is 3.75. The summed E-state index contributed by atoms with van der Waals surface area (Å²) in [6, 6.07) is 8.05. The van der Waals surface area contributed by atoms with Crippen molar-refractivity contribution >= 4 is 29.1 Å². The molecule has 2 aromatic rings. The third-order valence-electron chi connectivity index (χ3n) is 3.17. The molecule has 1 amide bonds. The molecule has 0 radical (unpaired) electrons. The Bertz CT molecular complexity index is 721. The first-order valence-electron chi connectivity index (χ1n) is 6.94. The van der Waals surface area contributed by atoms with E-state index in [1.54, 1.807) is 18.2 Å². The predicted octanol–water partition coefficient (Wildman–Crippen LogP) is 3.34. The van der Waals surface area contributed by atoms with Crippen LogP contribution in [0.25, 0.3) is 0 Å². The van der Waals surface area contributed by atoms with Crippen molar-refractivity contribution in [2.24, 2.45) is 0 Å². The lowest BCUT2D eigenvalue weighted by Crippen LogP contribution is -2.27. The Morgan fingerprint density at radius 2 is 1.86 bits per heavy atom. The zero-order valence-corrected chi connectivity index (χ0v) is 13.6. The summed E-state index contributed by atoms with van der Waals surface area (Å²) in [5.74, 6) is -0.208. The molecular weight excluding hydrogens is 323 g/mol. The molecule has 4 nitrogen and oxygen atoms in total. The Morgan fingerprint density at radius 3 is 2.50 bits per heavy atom. The molecule has 116 valence electrons. The topological polar surface area (TPSA) is 51.1 Å². The smallest absolute Gasteiger partial charge is 0.252 e. The van der Waals surface area contributed by atoms with Crippen molar-refractivity contribution in [3.05, 3.63) is 68.1 Å². The van der Waals surface area contributed by atoms with Gasteiger partial charge in [-0.05, 0) is 24.6 Å². The molecule has 1 aromatic carbocycles. The van der Waals surface area contributed by atoms with E-state index in [2.05, 4.69) is 5.32 Å². The molecule has 6 heteroatoms. The van der Waals surface area contributed by atoms with Gasteiger partial charge >= 0.3 is 0 Å². The van der Waals surface area contributed by atoms with Crippen LogP contribution >= 0.6 is 23.2 Å². The molecule has 1 N–H and O–H groups in total. The van der Waals surface area contributed by atoms with Crippen LogP contribution in [0.2, 0.25) is 10.0 Å². The second-order valence-corrected chi connectivity index (χ2v) is 5.65. The summed E-state index contributed by atoms with van der Waals surface area (Å²) in [6.45, 7) is 2.78. The number of nitrogens with zero attached hydrogens (tertiary/aromatic N) is 1. The van der Waals surface area contributed by atoms with Crippen molar-refractivity contribution in [1.29, 1.82) is 0 Å². The zero-order valence-electron chi connectivity index (χ0n) is 12.1. The molecule has 0 unspecified atom stereocenters. The average molecular weight is 339 g/mol. The highest BCUT2D eigenvalue weighted by Crippen LogP contribution is 2.24. The summed E-state index contributed by atoms with van der Waals surface area (Å²) in [7, 11) is 0. The quantitative estimate of drug-likeness (QED) is 0.908. The molecule has 2 rings (SSSR count).